The molecule has 0 saturated heterocycles. The van der Waals surface area contributed by atoms with E-state index in [-0.39, 0.29) is 24.6 Å². The van der Waals surface area contributed by atoms with Gasteiger partial charge in [0.2, 0.25) is 5.91 Å². The van der Waals surface area contributed by atoms with Crippen molar-refractivity contribution in [2.75, 3.05) is 20.8 Å². The Morgan fingerprint density at radius 2 is 2.00 bits per heavy atom. The molecule has 0 spiro atoms. The van der Waals surface area contributed by atoms with Crippen LogP contribution in [-0.4, -0.2) is 37.6 Å². The molecule has 0 bridgehead atoms. The number of benzene rings is 1. The predicted molar refractivity (Wildman–Crippen MR) is 89.6 cm³/mol. The minimum absolute atomic E-state index is 0.0626. The van der Waals surface area contributed by atoms with Gasteiger partial charge in [-0.1, -0.05) is 12.1 Å². The van der Waals surface area contributed by atoms with Crippen molar-refractivity contribution in [3.63, 3.8) is 0 Å². The zero-order valence-electron chi connectivity index (χ0n) is 13.9. The minimum atomic E-state index is -0.709. The topological polar surface area (TPSA) is 113 Å². The molecule has 0 radical (unpaired) electrons. The van der Waals surface area contributed by atoms with Crippen LogP contribution < -0.4 is 25.3 Å². The van der Waals surface area contributed by atoms with E-state index in [1.807, 2.05) is 24.3 Å². The molecule has 8 heteroatoms. The molecule has 132 valence electrons. The highest BCUT2D eigenvalue weighted by atomic mass is 16.5. The molecule has 3 N–H and O–H groups in total. The van der Waals surface area contributed by atoms with Crippen LogP contribution in [0.5, 0.6) is 17.2 Å². The predicted octanol–water partition coefficient (Wildman–Crippen LogP) is 0.893. The maximum absolute atomic E-state index is 12.1. The van der Waals surface area contributed by atoms with Crippen molar-refractivity contribution in [3.05, 3.63) is 47.8 Å². The van der Waals surface area contributed by atoms with E-state index in [2.05, 4.69) is 10.3 Å². The van der Waals surface area contributed by atoms with Gasteiger partial charge < -0.3 is 19.9 Å². The smallest absolute Gasteiger partial charge is 0.280 e. The van der Waals surface area contributed by atoms with Crippen LogP contribution in [0.4, 0.5) is 0 Å². The van der Waals surface area contributed by atoms with Gasteiger partial charge in [0.15, 0.2) is 17.2 Å². The van der Waals surface area contributed by atoms with Crippen LogP contribution in [0.15, 0.2) is 36.5 Å². The zero-order valence-corrected chi connectivity index (χ0v) is 13.9. The highest BCUT2D eigenvalue weighted by molar-refractivity contribution is 6.05. The van der Waals surface area contributed by atoms with Crippen molar-refractivity contribution in [3.8, 4) is 17.2 Å². The summed E-state index contributed by atoms with van der Waals surface area (Å²) in [5, 5.41) is 2.12. The number of ether oxygens (including phenoxy) is 3. The van der Waals surface area contributed by atoms with Crippen molar-refractivity contribution >= 4 is 11.8 Å². The number of nitrogens with two attached hydrogens (primary N) is 1. The largest absolute Gasteiger partial charge is 0.497 e. The van der Waals surface area contributed by atoms with E-state index in [4.69, 9.17) is 19.9 Å². The number of pyridine rings is 1. The number of aromatic nitrogens is 1. The van der Waals surface area contributed by atoms with Gasteiger partial charge in [0.1, 0.15) is 12.4 Å². The van der Waals surface area contributed by atoms with Gasteiger partial charge >= 0.3 is 0 Å². The van der Waals surface area contributed by atoms with Crippen molar-refractivity contribution in [2.24, 2.45) is 5.73 Å². The Kier molecular flexibility index (Phi) is 6.30. The summed E-state index contributed by atoms with van der Waals surface area (Å²) >= 11 is 0. The van der Waals surface area contributed by atoms with Gasteiger partial charge in [-0.15, -0.1) is 0 Å². The molecule has 2 aromatic rings. The lowest BCUT2D eigenvalue weighted by molar-refractivity contribution is -0.118. The molecular formula is C17H19N3O5. The van der Waals surface area contributed by atoms with Crippen LogP contribution in [0.3, 0.4) is 0 Å². The van der Waals surface area contributed by atoms with E-state index < -0.39 is 11.8 Å². The van der Waals surface area contributed by atoms with Crippen LogP contribution in [0.1, 0.15) is 16.1 Å². The lowest BCUT2D eigenvalue weighted by Crippen LogP contribution is -2.36. The van der Waals surface area contributed by atoms with Gasteiger partial charge in [-0.05, 0) is 17.7 Å². The molecule has 0 unspecified atom stereocenters. The number of nitrogens with one attached hydrogen (secondary N) is 1. The average molecular weight is 345 g/mol. The first-order valence-electron chi connectivity index (χ1n) is 7.42. The molecule has 1 heterocycles. The summed E-state index contributed by atoms with van der Waals surface area (Å²) in [5.41, 5.74) is 6.00. The van der Waals surface area contributed by atoms with Crippen LogP contribution >= 0.6 is 0 Å². The number of rotatable bonds is 7. The molecule has 8 nitrogen and oxygen atoms in total. The van der Waals surface area contributed by atoms with E-state index in [1.54, 1.807) is 13.2 Å². The summed E-state index contributed by atoms with van der Waals surface area (Å²) < 4.78 is 16.1. The molecule has 2 rings (SSSR count). The fourth-order valence-electron chi connectivity index (χ4n) is 2.06. The van der Waals surface area contributed by atoms with Crippen LogP contribution in [0.25, 0.3) is 0 Å². The second kappa shape index (κ2) is 8.65. The minimum Gasteiger partial charge on any atom is -0.497 e. The number of carbonyl (C=O) groups excluding carboxylic acids is 2. The Balaban J connectivity index is 2.19. The number of nitrogens with zero attached hydrogens (tertiary/aromatic N) is 1. The number of methoxy groups -OCH3 is 2. The third-order valence-corrected chi connectivity index (χ3v) is 3.25. The zero-order chi connectivity index (χ0) is 18.2. The quantitative estimate of drug-likeness (QED) is 0.766. The Hall–Kier alpha value is -3.13. The number of imide groups is 1. The number of hydrogen-bond acceptors (Lipinski definition) is 7. The normalized spacial score (nSPS) is 10.0. The fraction of sp³-hybridized carbons (Fsp3) is 0.235. The van der Waals surface area contributed by atoms with Gasteiger partial charge in [0.25, 0.3) is 5.91 Å². The first-order valence-corrected chi connectivity index (χ1v) is 7.42. The first kappa shape index (κ1) is 18.2. The number of hydrogen-bond donors (Lipinski definition) is 2. The molecular weight excluding hydrogens is 326 g/mol. The molecule has 0 atom stereocenters. The Morgan fingerprint density at radius 3 is 2.68 bits per heavy atom. The standard InChI is InChI=1S/C17H19N3O5/c1-23-12-5-3-4-11(8-12)10-25-13-6-7-19-15(16(13)24-2)17(22)20-14(21)9-18/h3-8H,9-10,18H2,1-2H3,(H,20,21,22). The van der Waals surface area contributed by atoms with Gasteiger partial charge in [-0.25, -0.2) is 4.98 Å². The lowest BCUT2D eigenvalue weighted by atomic mass is 10.2. The number of amides is 2. The van der Waals surface area contributed by atoms with Crippen LogP contribution in [-0.2, 0) is 11.4 Å². The lowest BCUT2D eigenvalue weighted by Gasteiger charge is -2.13. The molecule has 0 fully saturated rings. The van der Waals surface area contributed by atoms with E-state index in [0.29, 0.717) is 11.5 Å². The third-order valence-electron chi connectivity index (χ3n) is 3.25. The van der Waals surface area contributed by atoms with Crippen LogP contribution in [0, 0.1) is 0 Å². The summed E-state index contributed by atoms with van der Waals surface area (Å²) in [4.78, 5) is 27.3. The SMILES string of the molecule is COc1cccc(COc2ccnc(C(=O)NC(=O)CN)c2OC)c1. The summed E-state index contributed by atoms with van der Waals surface area (Å²) in [7, 11) is 2.97. The van der Waals surface area contributed by atoms with Crippen molar-refractivity contribution in [1.29, 1.82) is 0 Å². The molecule has 1 aromatic heterocycles. The van der Waals surface area contributed by atoms with Gasteiger partial charge in [0, 0.05) is 12.3 Å². The second-order valence-corrected chi connectivity index (χ2v) is 4.91. The number of carbonyl (C=O) groups is 2. The van der Waals surface area contributed by atoms with E-state index in [9.17, 15) is 9.59 Å². The highest BCUT2D eigenvalue weighted by Crippen LogP contribution is 2.30. The molecule has 2 amide bonds. The van der Waals surface area contributed by atoms with E-state index in [0.717, 1.165) is 5.56 Å². The van der Waals surface area contributed by atoms with Gasteiger partial charge in [-0.2, -0.15) is 0 Å². The Labute approximate surface area is 144 Å². The maximum atomic E-state index is 12.1. The summed E-state index contributed by atoms with van der Waals surface area (Å²) in [6, 6.07) is 8.96. The first-order chi connectivity index (χ1) is 12.1. The molecule has 0 aliphatic carbocycles. The molecule has 25 heavy (non-hydrogen) atoms. The summed E-state index contributed by atoms with van der Waals surface area (Å²) in [5.74, 6) is -0.155. The molecule has 0 aliphatic heterocycles. The second-order valence-electron chi connectivity index (χ2n) is 4.91. The molecule has 0 saturated carbocycles. The van der Waals surface area contributed by atoms with Crippen molar-refractivity contribution < 1.29 is 23.8 Å². The fourth-order valence-corrected chi connectivity index (χ4v) is 2.06. The van der Waals surface area contributed by atoms with Gasteiger partial charge in [0.05, 0.1) is 20.8 Å². The van der Waals surface area contributed by atoms with Crippen LogP contribution in [0.2, 0.25) is 0 Å². The van der Waals surface area contributed by atoms with E-state index in [1.165, 1.54) is 13.3 Å². The van der Waals surface area contributed by atoms with Crippen molar-refractivity contribution in [2.45, 2.75) is 6.61 Å². The molecule has 1 aromatic carbocycles. The highest BCUT2D eigenvalue weighted by Gasteiger charge is 2.20. The summed E-state index contributed by atoms with van der Waals surface area (Å²) in [6.07, 6.45) is 1.39. The molecule has 0 aliphatic rings. The Morgan fingerprint density at radius 1 is 1.20 bits per heavy atom. The summed E-state index contributed by atoms with van der Waals surface area (Å²) in [6.45, 7) is -0.0690. The maximum Gasteiger partial charge on any atom is 0.280 e. The third kappa shape index (κ3) is 4.67. The van der Waals surface area contributed by atoms with Gasteiger partial charge in [-0.3, -0.25) is 14.9 Å². The monoisotopic (exact) mass is 345 g/mol. The van der Waals surface area contributed by atoms with Crippen molar-refractivity contribution in [1.82, 2.24) is 10.3 Å². The Bertz CT molecular complexity index is 764. The average Bonchev–Trinajstić information content (AvgIpc) is 2.65. The van der Waals surface area contributed by atoms with E-state index >= 15 is 0 Å².